The van der Waals surface area contributed by atoms with Crippen LogP contribution in [0.15, 0.2) is 48.5 Å². The van der Waals surface area contributed by atoms with Crippen LogP contribution >= 0.6 is 0 Å². The van der Waals surface area contributed by atoms with E-state index in [-0.39, 0.29) is 11.7 Å². The Hall–Kier alpha value is -2.16. The zero-order valence-corrected chi connectivity index (χ0v) is 11.9. The van der Waals surface area contributed by atoms with Crippen molar-refractivity contribution in [3.05, 3.63) is 59.9 Å². The molecule has 1 amide bonds. The van der Waals surface area contributed by atoms with E-state index in [2.05, 4.69) is 0 Å². The maximum absolute atomic E-state index is 14.3. The van der Waals surface area contributed by atoms with Gasteiger partial charge in [0.05, 0.1) is 0 Å². The molecule has 0 bridgehead atoms. The van der Waals surface area contributed by atoms with Crippen LogP contribution in [0.4, 0.5) is 4.39 Å². The SMILES string of the molecule is O=C(c1ccc(-c2ccccc2)c(F)c1)N1CCCCC1. The predicted octanol–water partition coefficient (Wildman–Crippen LogP) is 4.12. The van der Waals surface area contributed by atoms with Crippen molar-refractivity contribution < 1.29 is 9.18 Å². The fourth-order valence-corrected chi connectivity index (χ4v) is 2.78. The van der Waals surface area contributed by atoms with E-state index in [1.165, 1.54) is 12.5 Å². The number of halogens is 1. The maximum Gasteiger partial charge on any atom is 0.253 e. The molecule has 108 valence electrons. The van der Waals surface area contributed by atoms with Gasteiger partial charge in [-0.1, -0.05) is 36.4 Å². The molecule has 1 aliphatic rings. The van der Waals surface area contributed by atoms with Crippen LogP contribution < -0.4 is 0 Å². The Morgan fingerprint density at radius 1 is 0.952 bits per heavy atom. The number of amides is 1. The Balaban J connectivity index is 1.85. The van der Waals surface area contributed by atoms with Gasteiger partial charge in [-0.25, -0.2) is 4.39 Å². The number of rotatable bonds is 2. The average Bonchev–Trinajstić information content (AvgIpc) is 2.55. The number of carbonyl (C=O) groups is 1. The normalized spacial score (nSPS) is 15.0. The Labute approximate surface area is 124 Å². The van der Waals surface area contributed by atoms with Gasteiger partial charge in [0.15, 0.2) is 0 Å². The van der Waals surface area contributed by atoms with E-state index in [0.29, 0.717) is 11.1 Å². The largest absolute Gasteiger partial charge is 0.339 e. The Morgan fingerprint density at radius 3 is 2.33 bits per heavy atom. The van der Waals surface area contributed by atoms with Crippen molar-refractivity contribution in [2.75, 3.05) is 13.1 Å². The first kappa shape index (κ1) is 13.8. The second kappa shape index (κ2) is 6.08. The standard InChI is InChI=1S/C18H18FNO/c19-17-13-15(18(21)20-11-5-2-6-12-20)9-10-16(17)14-7-3-1-4-8-14/h1,3-4,7-10,13H,2,5-6,11-12H2. The van der Waals surface area contributed by atoms with Gasteiger partial charge in [0.1, 0.15) is 5.82 Å². The summed E-state index contributed by atoms with van der Waals surface area (Å²) in [6, 6.07) is 14.2. The summed E-state index contributed by atoms with van der Waals surface area (Å²) in [5.41, 5.74) is 1.80. The smallest absolute Gasteiger partial charge is 0.253 e. The molecule has 0 spiro atoms. The van der Waals surface area contributed by atoms with Crippen LogP contribution in [-0.2, 0) is 0 Å². The number of benzene rings is 2. The summed E-state index contributed by atoms with van der Waals surface area (Å²) in [4.78, 5) is 14.2. The summed E-state index contributed by atoms with van der Waals surface area (Å²) >= 11 is 0. The zero-order valence-electron chi connectivity index (χ0n) is 11.9. The fraction of sp³-hybridized carbons (Fsp3) is 0.278. The van der Waals surface area contributed by atoms with E-state index in [1.807, 2.05) is 35.2 Å². The van der Waals surface area contributed by atoms with Crippen molar-refractivity contribution in [3.63, 3.8) is 0 Å². The van der Waals surface area contributed by atoms with Gasteiger partial charge in [-0.2, -0.15) is 0 Å². The Bertz CT molecular complexity index is 633. The minimum atomic E-state index is -0.343. The maximum atomic E-state index is 14.3. The number of hydrogen-bond acceptors (Lipinski definition) is 1. The highest BCUT2D eigenvalue weighted by Crippen LogP contribution is 2.24. The highest BCUT2D eigenvalue weighted by Gasteiger charge is 2.19. The minimum absolute atomic E-state index is 0.0618. The Morgan fingerprint density at radius 2 is 1.67 bits per heavy atom. The summed E-state index contributed by atoms with van der Waals surface area (Å²) in [6.45, 7) is 1.56. The van der Waals surface area contributed by atoms with Crippen molar-refractivity contribution in [3.8, 4) is 11.1 Å². The molecule has 2 aromatic rings. The van der Waals surface area contributed by atoms with E-state index < -0.39 is 0 Å². The van der Waals surface area contributed by atoms with Gasteiger partial charge in [-0.3, -0.25) is 4.79 Å². The molecule has 21 heavy (non-hydrogen) atoms. The lowest BCUT2D eigenvalue weighted by molar-refractivity contribution is 0.0724. The van der Waals surface area contributed by atoms with E-state index in [0.717, 1.165) is 31.5 Å². The first-order chi connectivity index (χ1) is 10.3. The molecule has 0 radical (unpaired) electrons. The molecule has 0 aromatic heterocycles. The number of piperidine rings is 1. The molecule has 1 aliphatic heterocycles. The molecule has 0 atom stereocenters. The van der Waals surface area contributed by atoms with Gasteiger partial charge in [0, 0.05) is 24.2 Å². The second-order valence-corrected chi connectivity index (χ2v) is 5.41. The van der Waals surface area contributed by atoms with E-state index in [1.54, 1.807) is 12.1 Å². The molecule has 1 heterocycles. The second-order valence-electron chi connectivity index (χ2n) is 5.41. The molecule has 3 rings (SSSR count). The average molecular weight is 283 g/mol. The van der Waals surface area contributed by atoms with Gasteiger partial charge in [-0.05, 0) is 37.0 Å². The molecule has 0 N–H and O–H groups in total. The van der Waals surface area contributed by atoms with Crippen LogP contribution in [-0.4, -0.2) is 23.9 Å². The number of carbonyl (C=O) groups excluding carboxylic acids is 1. The fourth-order valence-electron chi connectivity index (χ4n) is 2.78. The quantitative estimate of drug-likeness (QED) is 0.812. The summed E-state index contributed by atoms with van der Waals surface area (Å²) in [6.07, 6.45) is 3.25. The summed E-state index contributed by atoms with van der Waals surface area (Å²) in [5, 5.41) is 0. The van der Waals surface area contributed by atoms with Gasteiger partial charge in [0.25, 0.3) is 5.91 Å². The third-order valence-corrected chi connectivity index (χ3v) is 3.94. The van der Waals surface area contributed by atoms with Crippen molar-refractivity contribution in [2.24, 2.45) is 0 Å². The lowest BCUT2D eigenvalue weighted by atomic mass is 10.0. The minimum Gasteiger partial charge on any atom is -0.339 e. The van der Waals surface area contributed by atoms with Crippen molar-refractivity contribution in [1.29, 1.82) is 0 Å². The third-order valence-electron chi connectivity index (χ3n) is 3.94. The van der Waals surface area contributed by atoms with Crippen molar-refractivity contribution in [1.82, 2.24) is 4.90 Å². The van der Waals surface area contributed by atoms with E-state index in [4.69, 9.17) is 0 Å². The van der Waals surface area contributed by atoms with Gasteiger partial charge in [-0.15, -0.1) is 0 Å². The lowest BCUT2D eigenvalue weighted by Crippen LogP contribution is -2.35. The number of hydrogen-bond donors (Lipinski definition) is 0. The first-order valence-electron chi connectivity index (χ1n) is 7.40. The van der Waals surface area contributed by atoms with Gasteiger partial charge >= 0.3 is 0 Å². The highest BCUT2D eigenvalue weighted by molar-refractivity contribution is 5.94. The molecule has 2 aromatic carbocycles. The molecule has 3 heteroatoms. The molecule has 1 fully saturated rings. The van der Waals surface area contributed by atoms with E-state index in [9.17, 15) is 9.18 Å². The van der Waals surface area contributed by atoms with Gasteiger partial charge in [0.2, 0.25) is 0 Å². The predicted molar refractivity (Wildman–Crippen MR) is 81.6 cm³/mol. The van der Waals surface area contributed by atoms with Crippen LogP contribution in [0.25, 0.3) is 11.1 Å². The van der Waals surface area contributed by atoms with E-state index >= 15 is 0 Å². The lowest BCUT2D eigenvalue weighted by Gasteiger charge is -2.26. The summed E-state index contributed by atoms with van der Waals surface area (Å²) in [7, 11) is 0. The van der Waals surface area contributed by atoms with Gasteiger partial charge < -0.3 is 4.90 Å². The molecule has 0 unspecified atom stereocenters. The molecule has 0 aliphatic carbocycles. The van der Waals surface area contributed by atoms with Crippen molar-refractivity contribution in [2.45, 2.75) is 19.3 Å². The highest BCUT2D eigenvalue weighted by atomic mass is 19.1. The van der Waals surface area contributed by atoms with Crippen molar-refractivity contribution >= 4 is 5.91 Å². The summed E-state index contributed by atoms with van der Waals surface area (Å²) < 4.78 is 14.3. The molecule has 2 nitrogen and oxygen atoms in total. The summed E-state index contributed by atoms with van der Waals surface area (Å²) in [5.74, 6) is -0.405. The van der Waals surface area contributed by atoms with Crippen LogP contribution in [0, 0.1) is 5.82 Å². The molecule has 1 saturated heterocycles. The first-order valence-corrected chi connectivity index (χ1v) is 7.40. The molecular weight excluding hydrogens is 265 g/mol. The topological polar surface area (TPSA) is 20.3 Å². The van der Waals surface area contributed by atoms with Crippen LogP contribution in [0.3, 0.4) is 0 Å². The van der Waals surface area contributed by atoms with Crippen LogP contribution in [0.5, 0.6) is 0 Å². The zero-order chi connectivity index (χ0) is 14.7. The number of likely N-dealkylation sites (tertiary alicyclic amines) is 1. The van der Waals surface area contributed by atoms with Crippen LogP contribution in [0.1, 0.15) is 29.6 Å². The molecule has 0 saturated carbocycles. The Kier molecular flexibility index (Phi) is 4.00. The monoisotopic (exact) mass is 283 g/mol. The number of nitrogens with zero attached hydrogens (tertiary/aromatic N) is 1. The molecular formula is C18H18FNO. The van der Waals surface area contributed by atoms with Crippen LogP contribution in [0.2, 0.25) is 0 Å². The third kappa shape index (κ3) is 2.97.